The number of nitrogen functional groups attached to an aromatic ring is 1. The molecule has 2 aromatic heterocycles. The molecule has 2 aromatic rings. The normalized spacial score (nSPS) is 12.4. The van der Waals surface area contributed by atoms with Crippen LogP contribution in [-0.4, -0.2) is 25.7 Å². The molecule has 0 radical (unpaired) electrons. The predicted molar refractivity (Wildman–Crippen MR) is 63.4 cm³/mol. The van der Waals surface area contributed by atoms with Crippen molar-refractivity contribution in [2.24, 2.45) is 7.05 Å². The molecule has 0 unspecified atom stereocenters. The van der Waals surface area contributed by atoms with Gasteiger partial charge in [0.1, 0.15) is 5.01 Å². The van der Waals surface area contributed by atoms with Crippen LogP contribution < -0.4 is 11.1 Å². The van der Waals surface area contributed by atoms with Gasteiger partial charge in [0.2, 0.25) is 5.13 Å². The molecular weight excluding hydrogens is 240 g/mol. The summed E-state index contributed by atoms with van der Waals surface area (Å²) < 4.78 is 1.65. The summed E-state index contributed by atoms with van der Waals surface area (Å²) in [4.78, 5) is 15.8. The molecule has 2 rings (SSSR count). The third kappa shape index (κ3) is 2.41. The average Bonchev–Trinajstić information content (AvgIpc) is 2.86. The van der Waals surface area contributed by atoms with Gasteiger partial charge in [0, 0.05) is 19.4 Å². The van der Waals surface area contributed by atoms with Gasteiger partial charge in [-0.2, -0.15) is 0 Å². The highest BCUT2D eigenvalue weighted by atomic mass is 32.1. The van der Waals surface area contributed by atoms with Crippen molar-refractivity contribution in [1.29, 1.82) is 0 Å². The largest absolute Gasteiger partial charge is 0.374 e. The molecular formula is C9H12N6OS. The van der Waals surface area contributed by atoms with Gasteiger partial charge in [0.15, 0.2) is 5.82 Å². The Morgan fingerprint density at radius 2 is 2.35 bits per heavy atom. The van der Waals surface area contributed by atoms with Crippen LogP contribution in [0.5, 0.6) is 0 Å². The maximum atomic E-state index is 11.8. The second-order valence-corrected chi connectivity index (χ2v) is 4.58. The van der Waals surface area contributed by atoms with Gasteiger partial charge in [-0.3, -0.25) is 4.79 Å². The van der Waals surface area contributed by atoms with E-state index in [0.29, 0.717) is 16.0 Å². The molecule has 0 aliphatic carbocycles. The Bertz CT molecular complexity index is 533. The van der Waals surface area contributed by atoms with Crippen molar-refractivity contribution in [1.82, 2.24) is 25.1 Å². The third-order valence-corrected chi connectivity index (χ3v) is 3.13. The summed E-state index contributed by atoms with van der Waals surface area (Å²) in [7, 11) is 1.76. The Labute approximate surface area is 102 Å². The molecule has 1 atom stereocenters. The van der Waals surface area contributed by atoms with E-state index in [1.807, 2.05) is 6.92 Å². The number of carbonyl (C=O) groups is 1. The molecule has 8 heteroatoms. The van der Waals surface area contributed by atoms with E-state index in [0.717, 1.165) is 0 Å². The van der Waals surface area contributed by atoms with Crippen molar-refractivity contribution in [3.63, 3.8) is 0 Å². The molecule has 1 amide bonds. The van der Waals surface area contributed by atoms with Crippen molar-refractivity contribution >= 4 is 22.4 Å². The van der Waals surface area contributed by atoms with E-state index < -0.39 is 0 Å². The minimum absolute atomic E-state index is 0.242. The zero-order valence-corrected chi connectivity index (χ0v) is 10.2. The number of nitrogens with two attached hydrogens (primary N) is 1. The van der Waals surface area contributed by atoms with E-state index >= 15 is 0 Å². The van der Waals surface area contributed by atoms with Crippen molar-refractivity contribution in [2.45, 2.75) is 13.0 Å². The summed E-state index contributed by atoms with van der Waals surface area (Å²) >= 11 is 1.25. The molecule has 3 N–H and O–H groups in total. The Hall–Kier alpha value is -1.96. The molecule has 2 heterocycles. The van der Waals surface area contributed by atoms with Crippen LogP contribution in [0.1, 0.15) is 28.6 Å². The molecule has 0 saturated carbocycles. The fraction of sp³-hybridized carbons (Fsp3) is 0.333. The smallest absolute Gasteiger partial charge is 0.287 e. The number of rotatable bonds is 3. The summed E-state index contributed by atoms with van der Waals surface area (Å²) in [5.74, 6) is 0.105. The van der Waals surface area contributed by atoms with E-state index in [-0.39, 0.29) is 11.9 Å². The number of hydrogen-bond acceptors (Lipinski definition) is 6. The van der Waals surface area contributed by atoms with Crippen LogP contribution in [-0.2, 0) is 7.05 Å². The molecule has 0 aliphatic heterocycles. The van der Waals surface area contributed by atoms with E-state index in [2.05, 4.69) is 20.5 Å². The van der Waals surface area contributed by atoms with E-state index in [4.69, 9.17) is 5.73 Å². The second-order valence-electron chi connectivity index (χ2n) is 3.54. The third-order valence-electron chi connectivity index (χ3n) is 2.20. The quantitative estimate of drug-likeness (QED) is 0.821. The fourth-order valence-corrected chi connectivity index (χ4v) is 1.94. The summed E-state index contributed by atoms with van der Waals surface area (Å²) in [5.41, 5.74) is 5.48. The lowest BCUT2D eigenvalue weighted by Crippen LogP contribution is -2.28. The molecule has 0 spiro atoms. The highest BCUT2D eigenvalue weighted by Crippen LogP contribution is 2.18. The number of anilines is 1. The van der Waals surface area contributed by atoms with Crippen molar-refractivity contribution in [3.8, 4) is 0 Å². The Balaban J connectivity index is 2.07. The fourth-order valence-electron chi connectivity index (χ4n) is 1.33. The zero-order chi connectivity index (χ0) is 12.4. The number of aryl methyl sites for hydroxylation is 1. The Kier molecular flexibility index (Phi) is 3.05. The lowest BCUT2D eigenvalue weighted by molar-refractivity contribution is 0.0926. The van der Waals surface area contributed by atoms with Gasteiger partial charge < -0.3 is 15.6 Å². The lowest BCUT2D eigenvalue weighted by atomic mass is 10.3. The van der Waals surface area contributed by atoms with Crippen LogP contribution in [0.25, 0.3) is 0 Å². The van der Waals surface area contributed by atoms with Crippen molar-refractivity contribution in [3.05, 3.63) is 23.2 Å². The molecule has 0 aliphatic rings. The molecule has 0 saturated heterocycles. The Morgan fingerprint density at radius 1 is 1.59 bits per heavy atom. The monoisotopic (exact) mass is 252 g/mol. The topological polar surface area (TPSA) is 98.7 Å². The molecule has 90 valence electrons. The minimum atomic E-state index is -0.251. The van der Waals surface area contributed by atoms with Gasteiger partial charge in [-0.05, 0) is 6.92 Å². The van der Waals surface area contributed by atoms with Crippen LogP contribution in [0, 0.1) is 0 Å². The minimum Gasteiger partial charge on any atom is -0.374 e. The first-order valence-corrected chi connectivity index (χ1v) is 5.76. The molecule has 0 bridgehead atoms. The second kappa shape index (κ2) is 4.50. The van der Waals surface area contributed by atoms with Gasteiger partial charge in [-0.1, -0.05) is 11.3 Å². The molecule has 7 nitrogen and oxygen atoms in total. The number of imidazole rings is 1. The van der Waals surface area contributed by atoms with Crippen LogP contribution in [0.15, 0.2) is 12.4 Å². The number of nitrogens with one attached hydrogen (secondary N) is 1. The summed E-state index contributed by atoms with van der Waals surface area (Å²) in [6, 6.07) is -0.242. The van der Waals surface area contributed by atoms with Crippen LogP contribution in [0.3, 0.4) is 0 Å². The van der Waals surface area contributed by atoms with Gasteiger partial charge >= 0.3 is 0 Å². The maximum Gasteiger partial charge on any atom is 0.287 e. The van der Waals surface area contributed by atoms with Gasteiger partial charge in [-0.25, -0.2) is 4.98 Å². The number of nitrogens with zero attached hydrogens (tertiary/aromatic N) is 4. The SMILES string of the molecule is C[C@@H](NC(=O)c1nccn1C)c1nnc(N)s1. The Morgan fingerprint density at radius 3 is 2.88 bits per heavy atom. The average molecular weight is 252 g/mol. The zero-order valence-electron chi connectivity index (χ0n) is 9.41. The highest BCUT2D eigenvalue weighted by molar-refractivity contribution is 7.15. The first-order chi connectivity index (χ1) is 8.08. The van der Waals surface area contributed by atoms with Crippen LogP contribution in [0.4, 0.5) is 5.13 Å². The summed E-state index contributed by atoms with van der Waals surface area (Å²) in [6.45, 7) is 1.82. The number of hydrogen-bond donors (Lipinski definition) is 2. The standard InChI is InChI=1S/C9H12N6OS/c1-5(8-13-14-9(10)17-8)12-7(16)6-11-3-4-15(6)2/h3-5H,1-2H3,(H2,10,14)(H,12,16)/t5-/m1/s1. The predicted octanol–water partition coefficient (Wildman–Crippen LogP) is 0.345. The van der Waals surface area contributed by atoms with E-state index in [9.17, 15) is 4.79 Å². The highest BCUT2D eigenvalue weighted by Gasteiger charge is 2.17. The maximum absolute atomic E-state index is 11.8. The van der Waals surface area contributed by atoms with E-state index in [1.165, 1.54) is 11.3 Å². The molecule has 0 fully saturated rings. The van der Waals surface area contributed by atoms with E-state index in [1.54, 1.807) is 24.0 Å². The van der Waals surface area contributed by atoms with Crippen molar-refractivity contribution in [2.75, 3.05) is 5.73 Å². The molecule has 17 heavy (non-hydrogen) atoms. The summed E-state index contributed by atoms with van der Waals surface area (Å²) in [6.07, 6.45) is 3.28. The number of amides is 1. The van der Waals surface area contributed by atoms with Gasteiger partial charge in [-0.15, -0.1) is 10.2 Å². The lowest BCUT2D eigenvalue weighted by Gasteiger charge is -2.09. The first-order valence-electron chi connectivity index (χ1n) is 4.95. The van der Waals surface area contributed by atoms with Gasteiger partial charge in [0.05, 0.1) is 6.04 Å². The first kappa shape index (κ1) is 11.5. The number of carbonyl (C=O) groups excluding carboxylic acids is 1. The summed E-state index contributed by atoms with van der Waals surface area (Å²) in [5, 5.41) is 11.4. The van der Waals surface area contributed by atoms with Crippen molar-refractivity contribution < 1.29 is 4.79 Å². The van der Waals surface area contributed by atoms with Crippen LogP contribution >= 0.6 is 11.3 Å². The number of aromatic nitrogens is 4. The van der Waals surface area contributed by atoms with Gasteiger partial charge in [0.25, 0.3) is 5.91 Å². The molecule has 0 aromatic carbocycles. The van der Waals surface area contributed by atoms with Crippen LogP contribution in [0.2, 0.25) is 0 Å².